The Morgan fingerprint density at radius 1 is 1.47 bits per heavy atom. The fraction of sp³-hybridized carbons (Fsp3) is 0.538. The minimum Gasteiger partial charge on any atom is -0.310 e. The van der Waals surface area contributed by atoms with Gasteiger partial charge in [-0.3, -0.25) is 0 Å². The van der Waals surface area contributed by atoms with Crippen molar-refractivity contribution >= 4 is 0 Å². The van der Waals surface area contributed by atoms with E-state index >= 15 is 0 Å². The van der Waals surface area contributed by atoms with Gasteiger partial charge in [0.15, 0.2) is 0 Å². The zero-order valence-corrected chi connectivity index (χ0v) is 9.17. The predicted molar refractivity (Wildman–Crippen MR) is 60.2 cm³/mol. The first-order chi connectivity index (χ1) is 7.29. The van der Waals surface area contributed by atoms with Crippen molar-refractivity contribution in [1.29, 1.82) is 0 Å². The van der Waals surface area contributed by atoms with Crippen LogP contribution < -0.4 is 5.32 Å². The van der Waals surface area contributed by atoms with Gasteiger partial charge in [-0.05, 0) is 43.0 Å². The summed E-state index contributed by atoms with van der Waals surface area (Å²) in [7, 11) is 0. The van der Waals surface area contributed by atoms with Gasteiger partial charge in [0.1, 0.15) is 5.82 Å². The van der Waals surface area contributed by atoms with E-state index in [4.69, 9.17) is 0 Å². The minimum atomic E-state index is -0.132. The van der Waals surface area contributed by atoms with Crippen LogP contribution in [0.15, 0.2) is 24.3 Å². The second-order valence-corrected chi connectivity index (χ2v) is 4.36. The smallest absolute Gasteiger partial charge is 0.123 e. The topological polar surface area (TPSA) is 12.0 Å². The van der Waals surface area contributed by atoms with Gasteiger partial charge in [-0.15, -0.1) is 0 Å². The molecule has 2 unspecified atom stereocenters. The van der Waals surface area contributed by atoms with Crippen LogP contribution >= 0.6 is 0 Å². The first-order valence-electron chi connectivity index (χ1n) is 5.78. The molecule has 15 heavy (non-hydrogen) atoms. The Balaban J connectivity index is 2.09. The molecule has 1 aromatic carbocycles. The average molecular weight is 207 g/mol. The monoisotopic (exact) mass is 207 g/mol. The van der Waals surface area contributed by atoms with E-state index in [1.54, 1.807) is 12.1 Å². The summed E-state index contributed by atoms with van der Waals surface area (Å²) >= 11 is 0. The number of hydrogen-bond acceptors (Lipinski definition) is 1. The number of halogens is 1. The molecule has 1 nitrogen and oxygen atoms in total. The summed E-state index contributed by atoms with van der Waals surface area (Å²) in [4.78, 5) is 0. The van der Waals surface area contributed by atoms with Gasteiger partial charge in [0.25, 0.3) is 0 Å². The highest BCUT2D eigenvalue weighted by molar-refractivity contribution is 5.20. The molecule has 0 radical (unpaired) electrons. The second-order valence-electron chi connectivity index (χ2n) is 4.36. The van der Waals surface area contributed by atoms with Crippen molar-refractivity contribution < 1.29 is 4.39 Å². The number of piperidine rings is 1. The highest BCUT2D eigenvalue weighted by Crippen LogP contribution is 2.29. The van der Waals surface area contributed by atoms with Gasteiger partial charge in [-0.1, -0.05) is 25.5 Å². The summed E-state index contributed by atoms with van der Waals surface area (Å²) in [5.41, 5.74) is 1.09. The Labute approximate surface area is 90.7 Å². The molecule has 1 aromatic rings. The molecule has 0 saturated carbocycles. The van der Waals surface area contributed by atoms with Crippen molar-refractivity contribution in [3.63, 3.8) is 0 Å². The maximum absolute atomic E-state index is 13.1. The lowest BCUT2D eigenvalue weighted by Gasteiger charge is -2.30. The Hall–Kier alpha value is -0.890. The van der Waals surface area contributed by atoms with Gasteiger partial charge < -0.3 is 5.32 Å². The third-order valence-corrected chi connectivity index (χ3v) is 3.34. The standard InChI is InChI=1S/C13H18FN/c1-2-10-6-7-15-13(8-10)11-4-3-5-12(14)9-11/h3-5,9-10,13,15H,2,6-8H2,1H3. The molecule has 0 aliphatic carbocycles. The van der Waals surface area contributed by atoms with Crippen molar-refractivity contribution in [3.05, 3.63) is 35.6 Å². The van der Waals surface area contributed by atoms with E-state index < -0.39 is 0 Å². The maximum Gasteiger partial charge on any atom is 0.123 e. The fourth-order valence-electron chi connectivity index (χ4n) is 2.34. The molecule has 1 saturated heterocycles. The third-order valence-electron chi connectivity index (χ3n) is 3.34. The summed E-state index contributed by atoms with van der Waals surface area (Å²) in [6.07, 6.45) is 3.62. The number of nitrogens with one attached hydrogen (secondary N) is 1. The lowest BCUT2D eigenvalue weighted by Crippen LogP contribution is -2.31. The Bertz CT molecular complexity index is 324. The quantitative estimate of drug-likeness (QED) is 0.784. The van der Waals surface area contributed by atoms with Crippen molar-refractivity contribution in [1.82, 2.24) is 5.32 Å². The highest BCUT2D eigenvalue weighted by atomic mass is 19.1. The van der Waals surface area contributed by atoms with Crippen LogP contribution in [0.25, 0.3) is 0 Å². The normalized spacial score (nSPS) is 26.5. The molecule has 0 aromatic heterocycles. The van der Waals surface area contributed by atoms with Crippen LogP contribution in [0.5, 0.6) is 0 Å². The van der Waals surface area contributed by atoms with Gasteiger partial charge in [-0.25, -0.2) is 4.39 Å². The molecule has 2 rings (SSSR count). The van der Waals surface area contributed by atoms with Crippen molar-refractivity contribution in [2.24, 2.45) is 5.92 Å². The Kier molecular flexibility index (Phi) is 3.37. The number of benzene rings is 1. The molecule has 0 amide bonds. The van der Waals surface area contributed by atoms with Crippen LogP contribution in [0.3, 0.4) is 0 Å². The molecule has 1 N–H and O–H groups in total. The molecule has 1 heterocycles. The van der Waals surface area contributed by atoms with Crippen molar-refractivity contribution in [2.75, 3.05) is 6.54 Å². The first-order valence-corrected chi connectivity index (χ1v) is 5.78. The van der Waals surface area contributed by atoms with Crippen LogP contribution in [0.2, 0.25) is 0 Å². The van der Waals surface area contributed by atoms with Crippen molar-refractivity contribution in [3.8, 4) is 0 Å². The largest absolute Gasteiger partial charge is 0.310 e. The minimum absolute atomic E-state index is 0.132. The second kappa shape index (κ2) is 4.75. The maximum atomic E-state index is 13.1. The molecular formula is C13H18FN. The predicted octanol–water partition coefficient (Wildman–Crippen LogP) is 3.28. The lowest BCUT2D eigenvalue weighted by atomic mass is 9.87. The zero-order chi connectivity index (χ0) is 10.7. The van der Waals surface area contributed by atoms with Crippen LogP contribution in [0.4, 0.5) is 4.39 Å². The fourth-order valence-corrected chi connectivity index (χ4v) is 2.34. The van der Waals surface area contributed by atoms with Crippen LogP contribution in [0, 0.1) is 11.7 Å². The van der Waals surface area contributed by atoms with E-state index in [9.17, 15) is 4.39 Å². The van der Waals surface area contributed by atoms with Gasteiger partial charge >= 0.3 is 0 Å². The Morgan fingerprint density at radius 3 is 3.07 bits per heavy atom. The summed E-state index contributed by atoms with van der Waals surface area (Å²) in [5, 5.41) is 3.46. The van der Waals surface area contributed by atoms with E-state index in [0.717, 1.165) is 24.4 Å². The van der Waals surface area contributed by atoms with Crippen LogP contribution in [0.1, 0.15) is 37.8 Å². The van der Waals surface area contributed by atoms with Crippen LogP contribution in [-0.4, -0.2) is 6.54 Å². The van der Waals surface area contributed by atoms with Gasteiger partial charge in [0.05, 0.1) is 0 Å². The van der Waals surface area contributed by atoms with Gasteiger partial charge in [0.2, 0.25) is 0 Å². The summed E-state index contributed by atoms with van der Waals surface area (Å²) in [6, 6.07) is 7.31. The molecule has 1 aliphatic rings. The van der Waals surface area contributed by atoms with E-state index in [1.165, 1.54) is 18.9 Å². The SMILES string of the molecule is CCC1CCNC(c2cccc(F)c2)C1. The molecule has 2 heteroatoms. The lowest BCUT2D eigenvalue weighted by molar-refractivity contribution is 0.298. The summed E-state index contributed by atoms with van der Waals surface area (Å²) in [5.74, 6) is 0.660. The van der Waals surface area contributed by atoms with Crippen LogP contribution in [-0.2, 0) is 0 Å². The molecule has 1 fully saturated rings. The van der Waals surface area contributed by atoms with Gasteiger partial charge in [0, 0.05) is 6.04 Å². The number of rotatable bonds is 2. The highest BCUT2D eigenvalue weighted by Gasteiger charge is 2.21. The number of hydrogen-bond donors (Lipinski definition) is 1. The van der Waals surface area contributed by atoms with E-state index in [-0.39, 0.29) is 5.82 Å². The molecule has 0 bridgehead atoms. The van der Waals surface area contributed by atoms with E-state index in [0.29, 0.717) is 6.04 Å². The van der Waals surface area contributed by atoms with E-state index in [1.807, 2.05) is 6.07 Å². The summed E-state index contributed by atoms with van der Waals surface area (Å²) in [6.45, 7) is 3.29. The molecule has 0 spiro atoms. The first kappa shape index (κ1) is 10.6. The zero-order valence-electron chi connectivity index (χ0n) is 9.17. The average Bonchev–Trinajstić information content (AvgIpc) is 2.29. The summed E-state index contributed by atoms with van der Waals surface area (Å²) < 4.78 is 13.1. The molecule has 1 aliphatic heterocycles. The van der Waals surface area contributed by atoms with Crippen molar-refractivity contribution in [2.45, 2.75) is 32.2 Å². The third kappa shape index (κ3) is 2.57. The van der Waals surface area contributed by atoms with Gasteiger partial charge in [-0.2, -0.15) is 0 Å². The Morgan fingerprint density at radius 2 is 2.33 bits per heavy atom. The molecular weight excluding hydrogens is 189 g/mol. The van der Waals surface area contributed by atoms with E-state index in [2.05, 4.69) is 12.2 Å². The molecule has 82 valence electrons. The molecule has 2 atom stereocenters.